The van der Waals surface area contributed by atoms with Crippen molar-refractivity contribution >= 4 is 29.8 Å². The summed E-state index contributed by atoms with van der Waals surface area (Å²) in [5, 5.41) is 4.15. The minimum absolute atomic E-state index is 0.195. The number of furan rings is 1. The molecule has 2 aromatic rings. The number of carbonyl (C=O) groups is 1. The van der Waals surface area contributed by atoms with Crippen LogP contribution in [0.5, 0.6) is 0 Å². The first-order valence-corrected chi connectivity index (χ1v) is 5.92. The molecule has 4 nitrogen and oxygen atoms in total. The molecule has 0 aliphatic heterocycles. The van der Waals surface area contributed by atoms with E-state index in [9.17, 15) is 4.79 Å². The van der Waals surface area contributed by atoms with E-state index in [1.165, 1.54) is 12.5 Å². The second kappa shape index (κ2) is 6.56. The fourth-order valence-electron chi connectivity index (χ4n) is 1.36. The number of nitrogens with one attached hydrogen (secondary N) is 1. The van der Waals surface area contributed by atoms with Crippen molar-refractivity contribution in [2.75, 3.05) is 0 Å². The van der Waals surface area contributed by atoms with Crippen molar-refractivity contribution < 1.29 is 9.21 Å². The van der Waals surface area contributed by atoms with E-state index in [0.29, 0.717) is 5.03 Å². The molecule has 0 radical (unpaired) electrons. The molecule has 0 aliphatic rings. The van der Waals surface area contributed by atoms with Gasteiger partial charge >= 0.3 is 5.91 Å². The zero-order valence-corrected chi connectivity index (χ0v) is 10.7. The van der Waals surface area contributed by atoms with Crippen molar-refractivity contribution in [3.63, 3.8) is 0 Å². The van der Waals surface area contributed by atoms with E-state index in [2.05, 4.69) is 10.5 Å². The molecule has 0 aliphatic carbocycles. The lowest BCUT2D eigenvalue weighted by Crippen LogP contribution is -2.16. The third-order valence-corrected chi connectivity index (χ3v) is 2.41. The molecule has 0 saturated carbocycles. The number of halogens is 1. The highest BCUT2D eigenvalue weighted by Gasteiger charge is 2.05. The molecule has 19 heavy (non-hydrogen) atoms. The molecule has 0 unspecified atom stereocenters. The summed E-state index contributed by atoms with van der Waals surface area (Å²) in [4.78, 5) is 11.5. The smallest absolute Gasteiger partial charge is 0.307 e. The summed E-state index contributed by atoms with van der Waals surface area (Å²) < 4.78 is 4.91. The fourth-order valence-corrected chi connectivity index (χ4v) is 1.54. The minimum atomic E-state index is -0.426. The summed E-state index contributed by atoms with van der Waals surface area (Å²) >= 11 is 5.96. The van der Waals surface area contributed by atoms with E-state index >= 15 is 0 Å². The van der Waals surface area contributed by atoms with Crippen LogP contribution < -0.4 is 5.43 Å². The molecular formula is C14H11ClN2O2. The Morgan fingerprint density at radius 2 is 2.00 bits per heavy atom. The molecule has 1 aromatic carbocycles. The van der Waals surface area contributed by atoms with Crippen molar-refractivity contribution in [1.82, 2.24) is 5.43 Å². The highest BCUT2D eigenvalue weighted by Crippen LogP contribution is 2.07. The predicted molar refractivity (Wildman–Crippen MR) is 74.9 cm³/mol. The number of hydrogen-bond donors (Lipinski definition) is 1. The van der Waals surface area contributed by atoms with Gasteiger partial charge in [0.2, 0.25) is 0 Å². The molecule has 1 amide bonds. The van der Waals surface area contributed by atoms with Crippen LogP contribution in [0.1, 0.15) is 16.1 Å². The number of nitrogens with zero attached hydrogens (tertiary/aromatic N) is 1. The zero-order chi connectivity index (χ0) is 13.5. The summed E-state index contributed by atoms with van der Waals surface area (Å²) in [5.41, 5.74) is 3.27. The van der Waals surface area contributed by atoms with Crippen LogP contribution in [-0.2, 0) is 0 Å². The van der Waals surface area contributed by atoms with Crippen LogP contribution in [0.4, 0.5) is 0 Å². The SMILES string of the molecule is O=C(NN=C/C(Cl)=C/c1ccccc1)c1ccco1. The molecule has 1 N–H and O–H groups in total. The first-order valence-electron chi connectivity index (χ1n) is 5.55. The maximum atomic E-state index is 11.5. The van der Waals surface area contributed by atoms with Gasteiger partial charge < -0.3 is 4.42 Å². The third kappa shape index (κ3) is 4.12. The van der Waals surface area contributed by atoms with E-state index in [4.69, 9.17) is 16.0 Å². The lowest BCUT2D eigenvalue weighted by Gasteiger charge is -1.95. The molecule has 1 aromatic heterocycles. The molecule has 1 heterocycles. The van der Waals surface area contributed by atoms with Gasteiger partial charge in [-0.25, -0.2) is 5.43 Å². The van der Waals surface area contributed by atoms with Crippen molar-refractivity contribution in [2.24, 2.45) is 5.10 Å². The number of allylic oxidation sites excluding steroid dienone is 1. The van der Waals surface area contributed by atoms with Crippen LogP contribution in [0.2, 0.25) is 0 Å². The Kier molecular flexibility index (Phi) is 4.53. The number of carbonyl (C=O) groups excluding carboxylic acids is 1. The first-order chi connectivity index (χ1) is 9.25. The minimum Gasteiger partial charge on any atom is -0.459 e. The Hall–Kier alpha value is -2.33. The van der Waals surface area contributed by atoms with Gasteiger partial charge in [-0.3, -0.25) is 4.79 Å². The molecule has 0 bridgehead atoms. The van der Waals surface area contributed by atoms with E-state index < -0.39 is 5.91 Å². The number of rotatable bonds is 4. The van der Waals surface area contributed by atoms with Gasteiger partial charge in [-0.2, -0.15) is 5.10 Å². The maximum absolute atomic E-state index is 11.5. The van der Waals surface area contributed by atoms with E-state index in [1.807, 2.05) is 30.3 Å². The molecule has 0 spiro atoms. The van der Waals surface area contributed by atoms with Crippen LogP contribution >= 0.6 is 11.6 Å². The highest BCUT2D eigenvalue weighted by molar-refractivity contribution is 6.41. The average Bonchev–Trinajstić information content (AvgIpc) is 2.93. The second-order valence-electron chi connectivity index (χ2n) is 3.62. The molecule has 0 fully saturated rings. The summed E-state index contributed by atoms with van der Waals surface area (Å²) in [6.07, 6.45) is 4.51. The van der Waals surface area contributed by atoms with Crippen LogP contribution in [0.25, 0.3) is 6.08 Å². The van der Waals surface area contributed by atoms with Crippen molar-refractivity contribution in [1.29, 1.82) is 0 Å². The molecular weight excluding hydrogens is 264 g/mol. The molecule has 96 valence electrons. The monoisotopic (exact) mass is 274 g/mol. The Bertz CT molecular complexity index is 589. The summed E-state index contributed by atoms with van der Waals surface area (Å²) in [5.74, 6) is -0.231. The summed E-state index contributed by atoms with van der Waals surface area (Å²) in [6, 6.07) is 12.7. The number of hydrogen-bond acceptors (Lipinski definition) is 3. The Morgan fingerprint density at radius 1 is 1.21 bits per heavy atom. The molecule has 5 heteroatoms. The Balaban J connectivity index is 1.92. The van der Waals surface area contributed by atoms with E-state index in [0.717, 1.165) is 5.56 Å². The Labute approximate surface area is 115 Å². The molecule has 0 saturated heterocycles. The average molecular weight is 275 g/mol. The van der Waals surface area contributed by atoms with Gasteiger partial charge in [0.1, 0.15) is 0 Å². The van der Waals surface area contributed by atoms with Crippen molar-refractivity contribution in [2.45, 2.75) is 0 Å². The first kappa shape index (κ1) is 13.1. The largest absolute Gasteiger partial charge is 0.459 e. The zero-order valence-electron chi connectivity index (χ0n) is 9.92. The second-order valence-corrected chi connectivity index (χ2v) is 4.05. The van der Waals surface area contributed by atoms with Gasteiger partial charge in [-0.15, -0.1) is 0 Å². The van der Waals surface area contributed by atoms with E-state index in [1.54, 1.807) is 18.2 Å². The number of hydrazone groups is 1. The third-order valence-electron chi connectivity index (χ3n) is 2.20. The van der Waals surface area contributed by atoms with Crippen molar-refractivity contribution in [3.05, 3.63) is 65.1 Å². The molecule has 0 atom stereocenters. The van der Waals surface area contributed by atoms with Gasteiger partial charge in [-0.05, 0) is 23.8 Å². The predicted octanol–water partition coefficient (Wildman–Crippen LogP) is 3.28. The number of benzene rings is 1. The lowest BCUT2D eigenvalue weighted by atomic mass is 10.2. The summed E-state index contributed by atoms with van der Waals surface area (Å²) in [7, 11) is 0. The van der Waals surface area contributed by atoms with Gasteiger partial charge in [0.25, 0.3) is 0 Å². The molecule has 2 rings (SSSR count). The van der Waals surface area contributed by atoms with Gasteiger partial charge in [0.05, 0.1) is 17.5 Å². The Morgan fingerprint density at radius 3 is 2.68 bits per heavy atom. The highest BCUT2D eigenvalue weighted by atomic mass is 35.5. The topological polar surface area (TPSA) is 54.6 Å². The maximum Gasteiger partial charge on any atom is 0.307 e. The van der Waals surface area contributed by atoms with Crippen LogP contribution in [0, 0.1) is 0 Å². The normalized spacial score (nSPS) is 11.7. The quantitative estimate of drug-likeness (QED) is 0.687. The van der Waals surface area contributed by atoms with Crippen molar-refractivity contribution in [3.8, 4) is 0 Å². The standard InChI is InChI=1S/C14H11ClN2O2/c15-12(9-11-5-2-1-3-6-11)10-16-17-14(18)13-7-4-8-19-13/h1-10H,(H,17,18)/b12-9-,16-10?. The number of amides is 1. The fraction of sp³-hybridized carbons (Fsp3) is 0. The van der Waals surface area contributed by atoms with Gasteiger partial charge in [0, 0.05) is 0 Å². The van der Waals surface area contributed by atoms with Crippen LogP contribution in [-0.4, -0.2) is 12.1 Å². The van der Waals surface area contributed by atoms with Crippen LogP contribution in [0.15, 0.2) is 63.3 Å². The van der Waals surface area contributed by atoms with Gasteiger partial charge in [-0.1, -0.05) is 41.9 Å². The van der Waals surface area contributed by atoms with E-state index in [-0.39, 0.29) is 5.76 Å². The van der Waals surface area contributed by atoms with Crippen LogP contribution in [0.3, 0.4) is 0 Å². The van der Waals surface area contributed by atoms with Gasteiger partial charge in [0.15, 0.2) is 5.76 Å². The summed E-state index contributed by atoms with van der Waals surface area (Å²) in [6.45, 7) is 0. The lowest BCUT2D eigenvalue weighted by molar-refractivity contribution is 0.0927.